The van der Waals surface area contributed by atoms with Gasteiger partial charge in [-0.3, -0.25) is 0 Å². The van der Waals surface area contributed by atoms with Crippen molar-refractivity contribution in [1.29, 1.82) is 0 Å². The zero-order valence-electron chi connectivity index (χ0n) is 10.5. The van der Waals surface area contributed by atoms with Crippen LogP contribution >= 0.6 is 0 Å². The van der Waals surface area contributed by atoms with Crippen molar-refractivity contribution in [3.63, 3.8) is 0 Å². The summed E-state index contributed by atoms with van der Waals surface area (Å²) in [7, 11) is 0. The van der Waals surface area contributed by atoms with Crippen LogP contribution in [0.1, 0.15) is 35.0 Å². The number of carbonyl (C=O) groups is 1. The van der Waals surface area contributed by atoms with E-state index in [1.54, 1.807) is 0 Å². The van der Waals surface area contributed by atoms with E-state index >= 15 is 0 Å². The van der Waals surface area contributed by atoms with Crippen molar-refractivity contribution in [3.8, 4) is 0 Å². The highest BCUT2D eigenvalue weighted by atomic mass is 16.4. The maximum Gasteiger partial charge on any atom is 0.339 e. The molecule has 2 rings (SSSR count). The van der Waals surface area contributed by atoms with Gasteiger partial charge in [0.25, 0.3) is 0 Å². The van der Waals surface area contributed by atoms with Crippen LogP contribution in [0.4, 0.5) is 5.82 Å². The first kappa shape index (κ1) is 11.9. The number of carboxylic acids is 1. The molecule has 1 aliphatic rings. The summed E-state index contributed by atoms with van der Waals surface area (Å²) < 4.78 is 0. The number of carboxylic acid groups (broad SMARTS) is 1. The highest BCUT2D eigenvalue weighted by Crippen LogP contribution is 2.27. The molecule has 4 nitrogen and oxygen atoms in total. The first-order valence-corrected chi connectivity index (χ1v) is 5.95. The number of aromatic nitrogens is 1. The fourth-order valence-corrected chi connectivity index (χ4v) is 2.44. The number of aromatic carboxylic acids is 1. The van der Waals surface area contributed by atoms with Crippen LogP contribution in [0.2, 0.25) is 0 Å². The average Bonchev–Trinajstić information content (AvgIpc) is 2.62. The van der Waals surface area contributed by atoms with Gasteiger partial charge in [-0.2, -0.15) is 0 Å². The van der Waals surface area contributed by atoms with Gasteiger partial charge in [0.15, 0.2) is 0 Å². The van der Waals surface area contributed by atoms with Crippen LogP contribution in [0.15, 0.2) is 6.07 Å². The van der Waals surface area contributed by atoms with Gasteiger partial charge in [0, 0.05) is 18.8 Å². The van der Waals surface area contributed by atoms with Gasteiger partial charge in [-0.1, -0.05) is 6.92 Å². The quantitative estimate of drug-likeness (QED) is 0.852. The molecule has 1 aromatic heterocycles. The van der Waals surface area contributed by atoms with Crippen molar-refractivity contribution in [2.45, 2.75) is 27.2 Å². The SMILES string of the molecule is Cc1cc(C)c(C(=O)O)c(N2CCC(C)C2)n1. The Balaban J connectivity index is 2.47. The van der Waals surface area contributed by atoms with Crippen LogP contribution in [0.25, 0.3) is 0 Å². The minimum Gasteiger partial charge on any atom is -0.478 e. The number of pyridine rings is 1. The Morgan fingerprint density at radius 2 is 2.24 bits per heavy atom. The predicted octanol–water partition coefficient (Wildman–Crippen LogP) is 2.24. The molecule has 0 amide bonds. The minimum atomic E-state index is -0.885. The maximum atomic E-state index is 11.3. The summed E-state index contributed by atoms with van der Waals surface area (Å²) in [4.78, 5) is 17.8. The zero-order valence-corrected chi connectivity index (χ0v) is 10.5. The van der Waals surface area contributed by atoms with Crippen molar-refractivity contribution >= 4 is 11.8 Å². The highest BCUT2D eigenvalue weighted by molar-refractivity contribution is 5.95. The summed E-state index contributed by atoms with van der Waals surface area (Å²) in [6.45, 7) is 7.72. The molecule has 1 fully saturated rings. The molecule has 17 heavy (non-hydrogen) atoms. The van der Waals surface area contributed by atoms with E-state index < -0.39 is 5.97 Å². The number of hydrogen-bond acceptors (Lipinski definition) is 3. The molecule has 1 unspecified atom stereocenters. The van der Waals surface area contributed by atoms with Gasteiger partial charge >= 0.3 is 5.97 Å². The van der Waals surface area contributed by atoms with Crippen LogP contribution < -0.4 is 4.90 Å². The smallest absolute Gasteiger partial charge is 0.339 e. The van der Waals surface area contributed by atoms with Crippen LogP contribution in [-0.4, -0.2) is 29.1 Å². The Labute approximate surface area is 101 Å². The summed E-state index contributed by atoms with van der Waals surface area (Å²) in [5, 5.41) is 9.30. The van der Waals surface area contributed by atoms with Gasteiger partial charge in [-0.25, -0.2) is 9.78 Å². The summed E-state index contributed by atoms with van der Waals surface area (Å²) in [5.41, 5.74) is 2.02. The van der Waals surface area contributed by atoms with Crippen molar-refractivity contribution in [1.82, 2.24) is 4.98 Å². The van der Waals surface area contributed by atoms with Gasteiger partial charge in [-0.15, -0.1) is 0 Å². The Kier molecular flexibility index (Phi) is 3.05. The largest absolute Gasteiger partial charge is 0.478 e. The standard InChI is InChI=1S/C13H18N2O2/c1-8-4-5-15(7-8)12-11(13(16)17)9(2)6-10(3)14-12/h6,8H,4-5,7H2,1-3H3,(H,16,17). The molecule has 1 aliphatic heterocycles. The molecule has 1 atom stereocenters. The van der Waals surface area contributed by atoms with E-state index in [1.165, 1.54) is 0 Å². The highest BCUT2D eigenvalue weighted by Gasteiger charge is 2.25. The van der Waals surface area contributed by atoms with Crippen molar-refractivity contribution in [2.75, 3.05) is 18.0 Å². The topological polar surface area (TPSA) is 53.4 Å². The van der Waals surface area contributed by atoms with E-state index in [9.17, 15) is 9.90 Å². The first-order valence-electron chi connectivity index (χ1n) is 5.95. The van der Waals surface area contributed by atoms with Gasteiger partial charge < -0.3 is 10.0 Å². The molecule has 1 saturated heterocycles. The number of hydrogen-bond donors (Lipinski definition) is 1. The predicted molar refractivity (Wildman–Crippen MR) is 66.7 cm³/mol. The monoisotopic (exact) mass is 234 g/mol. The molecule has 0 saturated carbocycles. The van der Waals surface area contributed by atoms with Gasteiger partial charge in [0.1, 0.15) is 11.4 Å². The van der Waals surface area contributed by atoms with Crippen LogP contribution in [0.3, 0.4) is 0 Å². The molecule has 1 N–H and O–H groups in total. The Morgan fingerprint density at radius 3 is 2.76 bits per heavy atom. The van der Waals surface area contributed by atoms with Crippen molar-refractivity contribution in [3.05, 3.63) is 22.9 Å². The maximum absolute atomic E-state index is 11.3. The fourth-order valence-electron chi connectivity index (χ4n) is 2.44. The third-order valence-electron chi connectivity index (χ3n) is 3.26. The average molecular weight is 234 g/mol. The third kappa shape index (κ3) is 2.25. The molecule has 92 valence electrons. The Hall–Kier alpha value is -1.58. The molecule has 0 spiro atoms. The number of rotatable bonds is 2. The lowest BCUT2D eigenvalue weighted by Crippen LogP contribution is -2.24. The lowest BCUT2D eigenvalue weighted by atomic mass is 10.1. The molecular formula is C13H18N2O2. The number of aryl methyl sites for hydroxylation is 2. The second kappa shape index (κ2) is 4.35. The molecule has 2 heterocycles. The normalized spacial score (nSPS) is 19.7. The molecule has 0 bridgehead atoms. The van der Waals surface area contributed by atoms with Gasteiger partial charge in [0.2, 0.25) is 0 Å². The van der Waals surface area contributed by atoms with Gasteiger partial charge in [0.05, 0.1) is 0 Å². The first-order chi connectivity index (χ1) is 7.99. The van der Waals surface area contributed by atoms with Crippen LogP contribution in [-0.2, 0) is 0 Å². The molecule has 0 aromatic carbocycles. The minimum absolute atomic E-state index is 0.352. The lowest BCUT2D eigenvalue weighted by molar-refractivity contribution is 0.0696. The van der Waals surface area contributed by atoms with Crippen LogP contribution in [0.5, 0.6) is 0 Å². The van der Waals surface area contributed by atoms with E-state index in [0.717, 1.165) is 30.8 Å². The Morgan fingerprint density at radius 1 is 1.53 bits per heavy atom. The fraction of sp³-hybridized carbons (Fsp3) is 0.538. The number of anilines is 1. The summed E-state index contributed by atoms with van der Waals surface area (Å²) in [5.74, 6) is 0.364. The van der Waals surface area contributed by atoms with E-state index in [-0.39, 0.29) is 0 Å². The molecule has 4 heteroatoms. The molecule has 0 radical (unpaired) electrons. The van der Waals surface area contributed by atoms with E-state index in [4.69, 9.17) is 0 Å². The third-order valence-corrected chi connectivity index (χ3v) is 3.26. The second-order valence-corrected chi connectivity index (χ2v) is 4.92. The van der Waals surface area contributed by atoms with E-state index in [0.29, 0.717) is 17.3 Å². The molecule has 1 aromatic rings. The second-order valence-electron chi connectivity index (χ2n) is 4.92. The molecule has 0 aliphatic carbocycles. The van der Waals surface area contributed by atoms with Crippen LogP contribution in [0, 0.1) is 19.8 Å². The molecular weight excluding hydrogens is 216 g/mol. The Bertz CT molecular complexity index is 457. The number of nitrogens with zero attached hydrogens (tertiary/aromatic N) is 2. The van der Waals surface area contributed by atoms with E-state index in [2.05, 4.69) is 16.8 Å². The summed E-state index contributed by atoms with van der Waals surface area (Å²) in [6.07, 6.45) is 1.10. The zero-order chi connectivity index (χ0) is 12.6. The van der Waals surface area contributed by atoms with Crippen molar-refractivity contribution in [2.24, 2.45) is 5.92 Å². The van der Waals surface area contributed by atoms with Crippen molar-refractivity contribution < 1.29 is 9.90 Å². The summed E-state index contributed by atoms with van der Waals surface area (Å²) in [6, 6.07) is 1.83. The summed E-state index contributed by atoms with van der Waals surface area (Å²) >= 11 is 0. The lowest BCUT2D eigenvalue weighted by Gasteiger charge is -2.20. The van der Waals surface area contributed by atoms with E-state index in [1.807, 2.05) is 19.9 Å². The van der Waals surface area contributed by atoms with Gasteiger partial charge in [-0.05, 0) is 37.8 Å².